The molecule has 2 aromatic rings. The summed E-state index contributed by atoms with van der Waals surface area (Å²) in [5, 5.41) is 10.2. The zero-order valence-corrected chi connectivity index (χ0v) is 12.8. The maximum Gasteiger partial charge on any atom is 0.263 e. The van der Waals surface area contributed by atoms with Gasteiger partial charge in [0.15, 0.2) is 0 Å². The Bertz CT molecular complexity index is 759. The number of amides is 1. The van der Waals surface area contributed by atoms with Crippen molar-refractivity contribution in [3.05, 3.63) is 58.5 Å². The van der Waals surface area contributed by atoms with E-state index in [1.807, 2.05) is 0 Å². The Morgan fingerprint density at radius 3 is 2.96 bits per heavy atom. The Kier molecular flexibility index (Phi) is 4.20. The molecule has 120 valence electrons. The summed E-state index contributed by atoms with van der Waals surface area (Å²) in [6.07, 6.45) is 6.38. The lowest BCUT2D eigenvalue weighted by atomic mass is 10.0. The summed E-state index contributed by atoms with van der Waals surface area (Å²) in [5.74, 6) is -0.449. The van der Waals surface area contributed by atoms with Crippen LogP contribution in [0.1, 0.15) is 16.1 Å². The highest BCUT2D eigenvalue weighted by molar-refractivity contribution is 5.94. The van der Waals surface area contributed by atoms with Crippen molar-refractivity contribution < 1.29 is 9.90 Å². The minimum Gasteiger partial charge on any atom is -0.391 e. The van der Waals surface area contributed by atoms with E-state index in [-0.39, 0.29) is 29.5 Å². The molecule has 3 heterocycles. The lowest BCUT2D eigenvalue weighted by molar-refractivity contribution is 0.0762. The fraction of sp³-hybridized carbons (Fsp3) is 0.375. The minimum absolute atomic E-state index is 0.108. The average Bonchev–Trinajstić information content (AvgIpc) is 2.91. The van der Waals surface area contributed by atoms with Crippen molar-refractivity contribution in [2.45, 2.75) is 12.5 Å². The number of hydrogen-bond donors (Lipinski definition) is 1. The van der Waals surface area contributed by atoms with Gasteiger partial charge >= 0.3 is 0 Å². The summed E-state index contributed by atoms with van der Waals surface area (Å²) in [5.41, 5.74) is 0.577. The Balaban J connectivity index is 1.74. The van der Waals surface area contributed by atoms with Crippen molar-refractivity contribution in [2.75, 3.05) is 13.1 Å². The Morgan fingerprint density at radius 1 is 1.39 bits per heavy atom. The van der Waals surface area contributed by atoms with E-state index in [0.717, 1.165) is 5.69 Å². The quantitative estimate of drug-likeness (QED) is 0.851. The molecule has 2 atom stereocenters. The van der Waals surface area contributed by atoms with Crippen LogP contribution in [0.3, 0.4) is 0 Å². The van der Waals surface area contributed by atoms with Gasteiger partial charge in [-0.3, -0.25) is 19.6 Å². The second-order valence-corrected chi connectivity index (χ2v) is 5.78. The largest absolute Gasteiger partial charge is 0.391 e. The van der Waals surface area contributed by atoms with Crippen LogP contribution in [0, 0.1) is 5.92 Å². The third kappa shape index (κ3) is 3.14. The Morgan fingerprint density at radius 2 is 2.22 bits per heavy atom. The summed E-state index contributed by atoms with van der Waals surface area (Å²) in [6.45, 7) is 0.621. The maximum atomic E-state index is 12.5. The molecule has 0 radical (unpaired) electrons. The highest BCUT2D eigenvalue weighted by Gasteiger charge is 2.35. The van der Waals surface area contributed by atoms with Crippen molar-refractivity contribution >= 4 is 5.91 Å². The van der Waals surface area contributed by atoms with Crippen LogP contribution < -0.4 is 5.56 Å². The number of nitrogens with zero attached hydrogens (tertiary/aromatic N) is 4. The normalized spacial score (nSPS) is 20.7. The van der Waals surface area contributed by atoms with E-state index in [1.165, 1.54) is 15.5 Å². The molecule has 1 aliphatic heterocycles. The molecule has 0 bridgehead atoms. The Hall–Kier alpha value is -2.54. The maximum absolute atomic E-state index is 12.5. The van der Waals surface area contributed by atoms with Crippen LogP contribution in [0.4, 0.5) is 0 Å². The van der Waals surface area contributed by atoms with Gasteiger partial charge in [0.2, 0.25) is 0 Å². The van der Waals surface area contributed by atoms with E-state index in [9.17, 15) is 14.7 Å². The second-order valence-electron chi connectivity index (χ2n) is 5.78. The van der Waals surface area contributed by atoms with Crippen molar-refractivity contribution in [3.8, 4) is 0 Å². The number of rotatable bonds is 3. The summed E-state index contributed by atoms with van der Waals surface area (Å²) < 4.78 is 1.37. The first-order valence-corrected chi connectivity index (χ1v) is 7.44. The van der Waals surface area contributed by atoms with Crippen molar-refractivity contribution in [3.63, 3.8) is 0 Å². The molecule has 2 aromatic heterocycles. The zero-order chi connectivity index (χ0) is 16.4. The molecular weight excluding hydrogens is 296 g/mol. The molecule has 0 saturated carbocycles. The van der Waals surface area contributed by atoms with Gasteiger partial charge in [-0.25, -0.2) is 0 Å². The standard InChI is InChI=1S/C16H18N4O3/c1-19-6-2-3-13(15(19)22)16(23)20-9-11(14(21)10-20)7-12-8-17-4-5-18-12/h2-6,8,11,14,21H,7,9-10H2,1H3/t11-,14-/m1/s1. The lowest BCUT2D eigenvalue weighted by Crippen LogP contribution is -2.35. The predicted octanol–water partition coefficient (Wildman–Crippen LogP) is -0.149. The minimum atomic E-state index is -0.631. The summed E-state index contributed by atoms with van der Waals surface area (Å²) in [4.78, 5) is 34.3. The fourth-order valence-electron chi connectivity index (χ4n) is 2.86. The van der Waals surface area contributed by atoms with Gasteiger partial charge in [-0.2, -0.15) is 0 Å². The number of carbonyl (C=O) groups is 1. The first-order valence-electron chi connectivity index (χ1n) is 7.44. The molecule has 1 aliphatic rings. The molecule has 1 saturated heterocycles. The van der Waals surface area contributed by atoms with Crippen LogP contribution in [0.15, 0.2) is 41.7 Å². The monoisotopic (exact) mass is 314 g/mol. The van der Waals surface area contributed by atoms with Gasteiger partial charge in [0.25, 0.3) is 11.5 Å². The number of aryl methyl sites for hydroxylation is 1. The number of aliphatic hydroxyl groups excluding tert-OH is 1. The van der Waals surface area contributed by atoms with Gasteiger partial charge in [0, 0.05) is 50.8 Å². The molecule has 7 nitrogen and oxygen atoms in total. The van der Waals surface area contributed by atoms with E-state index in [4.69, 9.17) is 0 Å². The van der Waals surface area contributed by atoms with Gasteiger partial charge < -0.3 is 14.6 Å². The molecule has 0 aliphatic carbocycles. The van der Waals surface area contributed by atoms with Crippen LogP contribution in [-0.4, -0.2) is 49.6 Å². The van der Waals surface area contributed by atoms with Crippen molar-refractivity contribution in [1.29, 1.82) is 0 Å². The third-order valence-corrected chi connectivity index (χ3v) is 4.14. The molecule has 23 heavy (non-hydrogen) atoms. The zero-order valence-electron chi connectivity index (χ0n) is 12.8. The molecule has 0 unspecified atom stereocenters. The molecule has 1 fully saturated rings. The van der Waals surface area contributed by atoms with Crippen LogP contribution in [0.25, 0.3) is 0 Å². The topological polar surface area (TPSA) is 88.3 Å². The summed E-state index contributed by atoms with van der Waals surface area (Å²) in [7, 11) is 1.61. The fourth-order valence-corrected chi connectivity index (χ4v) is 2.86. The summed E-state index contributed by atoms with van der Waals surface area (Å²) >= 11 is 0. The number of aromatic nitrogens is 3. The van der Waals surface area contributed by atoms with Crippen molar-refractivity contribution in [2.24, 2.45) is 13.0 Å². The highest BCUT2D eigenvalue weighted by Crippen LogP contribution is 2.21. The lowest BCUT2D eigenvalue weighted by Gasteiger charge is -2.16. The SMILES string of the molecule is Cn1cccc(C(=O)N2C[C@@H](Cc3cnccn3)[C@H](O)C2)c1=O. The number of aliphatic hydroxyl groups is 1. The smallest absolute Gasteiger partial charge is 0.263 e. The van der Waals surface area contributed by atoms with E-state index < -0.39 is 6.10 Å². The summed E-state index contributed by atoms with van der Waals surface area (Å²) in [6, 6.07) is 3.19. The third-order valence-electron chi connectivity index (χ3n) is 4.14. The number of pyridine rings is 1. The van der Waals surface area contributed by atoms with E-state index in [1.54, 1.807) is 37.9 Å². The van der Waals surface area contributed by atoms with Gasteiger partial charge in [-0.1, -0.05) is 0 Å². The molecule has 0 aromatic carbocycles. The van der Waals surface area contributed by atoms with Gasteiger partial charge in [-0.05, 0) is 18.6 Å². The number of hydrogen-bond acceptors (Lipinski definition) is 5. The molecule has 0 spiro atoms. The number of carbonyl (C=O) groups excluding carboxylic acids is 1. The van der Waals surface area contributed by atoms with E-state index in [2.05, 4.69) is 9.97 Å². The molecule has 7 heteroatoms. The highest BCUT2D eigenvalue weighted by atomic mass is 16.3. The van der Waals surface area contributed by atoms with Crippen LogP contribution in [0.2, 0.25) is 0 Å². The molecule has 1 amide bonds. The van der Waals surface area contributed by atoms with E-state index in [0.29, 0.717) is 13.0 Å². The van der Waals surface area contributed by atoms with Gasteiger partial charge in [0.05, 0.1) is 11.8 Å². The van der Waals surface area contributed by atoms with Crippen LogP contribution in [-0.2, 0) is 13.5 Å². The molecular formula is C16H18N4O3. The predicted molar refractivity (Wildman–Crippen MR) is 82.8 cm³/mol. The van der Waals surface area contributed by atoms with E-state index >= 15 is 0 Å². The number of β-amino-alcohol motifs (C(OH)–C–C–N with tert-alkyl or cyclic N) is 1. The van der Waals surface area contributed by atoms with Gasteiger partial charge in [-0.15, -0.1) is 0 Å². The molecule has 3 rings (SSSR count). The van der Waals surface area contributed by atoms with Crippen LogP contribution >= 0.6 is 0 Å². The van der Waals surface area contributed by atoms with Crippen molar-refractivity contribution in [1.82, 2.24) is 19.4 Å². The molecule has 1 N–H and O–H groups in total. The first kappa shape index (κ1) is 15.4. The average molecular weight is 314 g/mol. The second kappa shape index (κ2) is 6.29. The van der Waals surface area contributed by atoms with Gasteiger partial charge in [0.1, 0.15) is 5.56 Å². The number of likely N-dealkylation sites (tertiary alicyclic amines) is 1. The Labute approximate surface area is 133 Å². The first-order chi connectivity index (χ1) is 11.1. The van der Waals surface area contributed by atoms with Crippen LogP contribution in [0.5, 0.6) is 0 Å².